The molecule has 36 heavy (non-hydrogen) atoms. The van der Waals surface area contributed by atoms with Crippen LogP contribution in [0.5, 0.6) is 0 Å². The number of carbonyl (C=O) groups is 1. The Bertz CT molecular complexity index is 1360. The van der Waals surface area contributed by atoms with Crippen LogP contribution in [0.4, 0.5) is 5.82 Å². The fraction of sp³-hybridized carbons (Fsp3) is 0.333. The van der Waals surface area contributed by atoms with Crippen LogP contribution in [-0.2, 0) is 11.3 Å². The van der Waals surface area contributed by atoms with Crippen LogP contribution in [0.25, 0.3) is 17.0 Å². The van der Waals surface area contributed by atoms with E-state index >= 15 is 0 Å². The lowest BCUT2D eigenvalue weighted by Gasteiger charge is -2.25. The van der Waals surface area contributed by atoms with Gasteiger partial charge in [0.05, 0.1) is 37.4 Å². The van der Waals surface area contributed by atoms with Crippen LogP contribution in [0.2, 0.25) is 0 Å². The average Bonchev–Trinajstić information content (AvgIpc) is 3.59. The normalized spacial score (nSPS) is 19.9. The van der Waals surface area contributed by atoms with Crippen molar-refractivity contribution in [2.45, 2.75) is 20.4 Å². The summed E-state index contributed by atoms with van der Waals surface area (Å²) in [6, 6.07) is 11.7. The highest BCUT2D eigenvalue weighted by Gasteiger charge is 2.23. The number of allylic oxidation sites excluding steroid dienone is 4. The quantitative estimate of drug-likeness (QED) is 0.536. The lowest BCUT2D eigenvalue weighted by molar-refractivity contribution is 0.0283. The summed E-state index contributed by atoms with van der Waals surface area (Å²) >= 11 is 0. The smallest absolute Gasteiger partial charge is 0.289 e. The molecule has 5 rings (SSSR count). The van der Waals surface area contributed by atoms with Gasteiger partial charge in [0.1, 0.15) is 11.5 Å². The van der Waals surface area contributed by atoms with Gasteiger partial charge in [0, 0.05) is 19.3 Å². The number of anilines is 1. The van der Waals surface area contributed by atoms with E-state index in [4.69, 9.17) is 9.15 Å². The maximum atomic E-state index is 12.6. The number of furan rings is 1. The molecule has 2 atom stereocenters. The Morgan fingerprint density at radius 3 is 2.92 bits per heavy atom. The summed E-state index contributed by atoms with van der Waals surface area (Å²) in [7, 11) is 0. The second-order valence-corrected chi connectivity index (χ2v) is 9.03. The number of nitrogens with zero attached hydrogens (tertiary/aromatic N) is 4. The minimum absolute atomic E-state index is 0.0921. The molecule has 3 aromatic heterocycles. The first kappa shape index (κ1) is 23.6. The number of nitrogens with one attached hydrogen (secondary N) is 2. The van der Waals surface area contributed by atoms with E-state index in [0.29, 0.717) is 50.1 Å². The van der Waals surface area contributed by atoms with E-state index in [1.54, 1.807) is 23.2 Å². The molecule has 2 unspecified atom stereocenters. The van der Waals surface area contributed by atoms with Gasteiger partial charge in [-0.15, -0.1) is 0 Å². The zero-order valence-corrected chi connectivity index (χ0v) is 20.3. The van der Waals surface area contributed by atoms with Gasteiger partial charge in [-0.1, -0.05) is 24.6 Å². The van der Waals surface area contributed by atoms with Gasteiger partial charge in [0.15, 0.2) is 11.5 Å². The molecule has 0 radical (unpaired) electrons. The Morgan fingerprint density at radius 2 is 2.11 bits per heavy atom. The highest BCUT2D eigenvalue weighted by Crippen LogP contribution is 2.34. The van der Waals surface area contributed by atoms with E-state index in [1.165, 1.54) is 5.57 Å². The van der Waals surface area contributed by atoms with Crippen molar-refractivity contribution < 1.29 is 13.9 Å². The Kier molecular flexibility index (Phi) is 6.69. The number of aromatic amines is 1. The maximum absolute atomic E-state index is 12.6. The number of H-pyrrole nitrogens is 1. The van der Waals surface area contributed by atoms with Gasteiger partial charge in [0.25, 0.3) is 5.91 Å². The number of pyridine rings is 1. The summed E-state index contributed by atoms with van der Waals surface area (Å²) in [6.45, 7) is 6.88. The summed E-state index contributed by atoms with van der Waals surface area (Å²) in [5.41, 5.74) is 4.87. The maximum Gasteiger partial charge on any atom is 0.289 e. The minimum atomic E-state index is -0.136. The van der Waals surface area contributed by atoms with Crippen LogP contribution in [0.15, 0.2) is 58.7 Å². The van der Waals surface area contributed by atoms with Gasteiger partial charge >= 0.3 is 0 Å². The molecule has 9 heteroatoms. The lowest BCUT2D eigenvalue weighted by Crippen LogP contribution is -2.40. The van der Waals surface area contributed by atoms with Gasteiger partial charge in [-0.3, -0.25) is 9.89 Å². The van der Waals surface area contributed by atoms with E-state index < -0.39 is 0 Å². The highest BCUT2D eigenvalue weighted by molar-refractivity contribution is 5.92. The molecule has 9 nitrogen and oxygen atoms in total. The monoisotopic (exact) mass is 484 g/mol. The molecule has 1 aliphatic carbocycles. The predicted molar refractivity (Wildman–Crippen MR) is 135 cm³/mol. The topological polar surface area (TPSA) is 120 Å². The molecule has 0 aromatic carbocycles. The molecule has 1 amide bonds. The molecular formula is C27H28N6O3. The van der Waals surface area contributed by atoms with Gasteiger partial charge in [-0.2, -0.15) is 10.4 Å². The molecule has 1 aliphatic heterocycles. The Balaban J connectivity index is 1.24. The highest BCUT2D eigenvalue weighted by atomic mass is 16.5. The van der Waals surface area contributed by atoms with E-state index in [0.717, 1.165) is 22.6 Å². The third-order valence-corrected chi connectivity index (χ3v) is 6.80. The summed E-state index contributed by atoms with van der Waals surface area (Å²) in [4.78, 5) is 18.8. The average molecular weight is 485 g/mol. The van der Waals surface area contributed by atoms with Crippen molar-refractivity contribution in [3.05, 3.63) is 71.3 Å². The van der Waals surface area contributed by atoms with Crippen molar-refractivity contribution in [1.29, 1.82) is 5.26 Å². The van der Waals surface area contributed by atoms with Crippen LogP contribution >= 0.6 is 0 Å². The summed E-state index contributed by atoms with van der Waals surface area (Å²) < 4.78 is 11.1. The van der Waals surface area contributed by atoms with Crippen LogP contribution in [0.3, 0.4) is 0 Å². The largest absolute Gasteiger partial charge is 0.449 e. The molecule has 3 aromatic rings. The van der Waals surface area contributed by atoms with Crippen molar-refractivity contribution in [2.24, 2.45) is 11.8 Å². The van der Waals surface area contributed by atoms with Gasteiger partial charge in [-0.25, -0.2) is 4.98 Å². The van der Waals surface area contributed by atoms with Crippen molar-refractivity contribution in [3.63, 3.8) is 0 Å². The Labute approximate surface area is 209 Å². The van der Waals surface area contributed by atoms with Crippen molar-refractivity contribution in [3.8, 4) is 17.5 Å². The number of rotatable bonds is 6. The van der Waals surface area contributed by atoms with Gasteiger partial charge in [-0.05, 0) is 54.3 Å². The van der Waals surface area contributed by atoms with E-state index in [-0.39, 0.29) is 17.7 Å². The number of nitriles is 1. The molecule has 2 N–H and O–H groups in total. The van der Waals surface area contributed by atoms with E-state index in [9.17, 15) is 10.1 Å². The van der Waals surface area contributed by atoms with Crippen molar-refractivity contribution in [2.75, 3.05) is 31.6 Å². The molecule has 4 heterocycles. The van der Waals surface area contributed by atoms with Crippen molar-refractivity contribution in [1.82, 2.24) is 20.1 Å². The first-order chi connectivity index (χ1) is 17.5. The Morgan fingerprint density at radius 1 is 1.28 bits per heavy atom. The van der Waals surface area contributed by atoms with E-state index in [2.05, 4.69) is 40.4 Å². The van der Waals surface area contributed by atoms with Crippen LogP contribution in [0, 0.1) is 23.2 Å². The zero-order chi connectivity index (χ0) is 25.1. The molecule has 0 spiro atoms. The Hall–Kier alpha value is -4.16. The number of hydrogen-bond donors (Lipinski definition) is 2. The number of aromatic nitrogens is 3. The van der Waals surface area contributed by atoms with Crippen molar-refractivity contribution >= 4 is 17.3 Å². The molecule has 0 saturated carbocycles. The summed E-state index contributed by atoms with van der Waals surface area (Å²) in [5.74, 6) is 1.52. The fourth-order valence-electron chi connectivity index (χ4n) is 4.46. The second kappa shape index (κ2) is 10.2. The molecular weight excluding hydrogens is 456 g/mol. The fourth-order valence-corrected chi connectivity index (χ4v) is 4.46. The lowest BCUT2D eigenvalue weighted by atomic mass is 9.80. The zero-order valence-electron chi connectivity index (χ0n) is 20.3. The molecule has 2 aliphatic rings. The summed E-state index contributed by atoms with van der Waals surface area (Å²) in [5, 5.41) is 20.0. The minimum Gasteiger partial charge on any atom is -0.449 e. The molecule has 1 saturated heterocycles. The standard InChI is InChI=1S/C27H28N6O3/c1-17-18(2)22(4-3-20(17)15-28)19-7-8-29-26(13-19)30-16-21-14-23(32-31-21)24-5-6-25(36-24)27(34)33-9-11-35-12-10-33/h3-8,13-14,17,20H,9-12,16H2,1-2H3,(H,29,30)(H,31,32). The number of hydrogen-bond acceptors (Lipinski definition) is 7. The van der Waals surface area contributed by atoms with Gasteiger partial charge in [0.2, 0.25) is 0 Å². The molecule has 184 valence electrons. The number of ether oxygens (including phenoxy) is 1. The van der Waals surface area contributed by atoms with E-state index in [1.807, 2.05) is 30.4 Å². The predicted octanol–water partition coefficient (Wildman–Crippen LogP) is 4.27. The van der Waals surface area contributed by atoms with Crippen LogP contribution in [-0.4, -0.2) is 52.3 Å². The summed E-state index contributed by atoms with van der Waals surface area (Å²) in [6.07, 6.45) is 5.78. The van der Waals surface area contributed by atoms with Crippen LogP contribution in [0.1, 0.15) is 35.7 Å². The third-order valence-electron chi connectivity index (χ3n) is 6.80. The second-order valence-electron chi connectivity index (χ2n) is 9.03. The SMILES string of the molecule is CC1=C(c2ccnc(NCc3cc(-c4ccc(C(=O)N5CCOCC5)o4)n[nH]3)c2)C=CC(C#N)C1C. The van der Waals surface area contributed by atoms with Crippen LogP contribution < -0.4 is 5.32 Å². The first-order valence-corrected chi connectivity index (χ1v) is 12.0. The number of amides is 1. The molecule has 1 fully saturated rings. The van der Waals surface area contributed by atoms with Gasteiger partial charge < -0.3 is 19.4 Å². The number of morpholine rings is 1. The third kappa shape index (κ3) is 4.81. The number of carbonyl (C=O) groups excluding carboxylic acids is 1. The molecule has 0 bridgehead atoms. The first-order valence-electron chi connectivity index (χ1n) is 12.0.